The molecule has 214 valence electrons. The zero-order valence-electron chi connectivity index (χ0n) is 23.6. The van der Waals surface area contributed by atoms with E-state index < -0.39 is 46.5 Å². The van der Waals surface area contributed by atoms with E-state index in [0.29, 0.717) is 12.0 Å². The fourth-order valence-electron chi connectivity index (χ4n) is 6.62. The molecule has 0 saturated heterocycles. The van der Waals surface area contributed by atoms with E-state index in [1.165, 1.54) is 18.5 Å². The molecule has 1 fully saturated rings. The average Bonchev–Trinajstić information content (AvgIpc) is 3.39. The van der Waals surface area contributed by atoms with E-state index in [1.54, 1.807) is 49.7 Å². The first-order valence-electron chi connectivity index (χ1n) is 13.7. The molecule has 2 aliphatic carbocycles. The SMILES string of the molecule is CC1=CCC[C@H]2[C@@]1(C)C(OC(=O)c1cccnc1)C(OC(=O)c1cccnc1)[C@](C)(O)[C@]2(C)C=CC1=CC(=O)OC1. The Hall–Kier alpha value is -4.11. The molecular formula is C32H34N2O7. The summed E-state index contributed by atoms with van der Waals surface area (Å²) in [4.78, 5) is 46.7. The first-order chi connectivity index (χ1) is 19.5. The highest BCUT2D eigenvalue weighted by Crippen LogP contribution is 2.63. The standard InChI is InChI=1S/C32H34N2O7/c1-20-8-5-11-24-30(2,13-12-21-16-25(35)39-19-21)32(4,38)27(41-29(37)23-10-7-15-34-18-23)26(31(20,24)3)40-28(36)22-9-6-14-33-17-22/h6-10,12-18,24,26-27,38H,5,11,19H2,1-4H3/t24-,26?,27?,30-,31+,32+/m1/s1. The second-order valence-corrected chi connectivity index (χ2v) is 11.5. The first-order valence-corrected chi connectivity index (χ1v) is 13.7. The van der Waals surface area contributed by atoms with Gasteiger partial charge in [0.25, 0.3) is 0 Å². The molecule has 41 heavy (non-hydrogen) atoms. The summed E-state index contributed by atoms with van der Waals surface area (Å²) in [6.07, 6.45) is 12.2. The van der Waals surface area contributed by atoms with Crippen LogP contribution in [0.15, 0.2) is 84.5 Å². The molecule has 6 atom stereocenters. The van der Waals surface area contributed by atoms with Crippen molar-refractivity contribution >= 4 is 17.9 Å². The van der Waals surface area contributed by atoms with Crippen LogP contribution >= 0.6 is 0 Å². The van der Waals surface area contributed by atoms with Gasteiger partial charge in [-0.3, -0.25) is 9.97 Å². The van der Waals surface area contributed by atoms with E-state index in [4.69, 9.17) is 14.2 Å². The van der Waals surface area contributed by atoms with Gasteiger partial charge in [-0.2, -0.15) is 0 Å². The molecule has 1 aliphatic heterocycles. The number of esters is 3. The van der Waals surface area contributed by atoms with Gasteiger partial charge in [0.1, 0.15) is 12.2 Å². The van der Waals surface area contributed by atoms with E-state index in [-0.39, 0.29) is 23.7 Å². The van der Waals surface area contributed by atoms with Crippen molar-refractivity contribution in [3.05, 3.63) is 95.6 Å². The quantitative estimate of drug-likeness (QED) is 0.312. The predicted molar refractivity (Wildman–Crippen MR) is 148 cm³/mol. The molecule has 2 aromatic heterocycles. The molecule has 0 amide bonds. The zero-order chi connectivity index (χ0) is 29.4. The average molecular weight is 559 g/mol. The smallest absolute Gasteiger partial charge is 0.340 e. The normalized spacial score (nSPS) is 32.9. The van der Waals surface area contributed by atoms with Crippen LogP contribution in [0.4, 0.5) is 0 Å². The Balaban J connectivity index is 1.64. The highest BCUT2D eigenvalue weighted by atomic mass is 16.6. The van der Waals surface area contributed by atoms with Gasteiger partial charge in [-0.15, -0.1) is 0 Å². The highest BCUT2D eigenvalue weighted by Gasteiger charge is 2.69. The molecule has 0 radical (unpaired) electrons. The second kappa shape index (κ2) is 10.7. The number of carbonyl (C=O) groups is 3. The van der Waals surface area contributed by atoms with Crippen LogP contribution < -0.4 is 0 Å². The molecule has 0 aromatic carbocycles. The van der Waals surface area contributed by atoms with Crippen LogP contribution in [0.25, 0.3) is 0 Å². The third-order valence-corrected chi connectivity index (χ3v) is 9.30. The Morgan fingerprint density at radius 2 is 1.63 bits per heavy atom. The van der Waals surface area contributed by atoms with Crippen molar-refractivity contribution in [2.75, 3.05) is 6.61 Å². The molecule has 2 aromatic rings. The predicted octanol–water partition coefficient (Wildman–Crippen LogP) is 4.40. The van der Waals surface area contributed by atoms with Gasteiger partial charge in [0.2, 0.25) is 0 Å². The van der Waals surface area contributed by atoms with E-state index in [1.807, 2.05) is 26.8 Å². The summed E-state index contributed by atoms with van der Waals surface area (Å²) in [5.74, 6) is -1.98. The summed E-state index contributed by atoms with van der Waals surface area (Å²) < 4.78 is 17.4. The molecule has 3 heterocycles. The first kappa shape index (κ1) is 28.4. The number of aromatic nitrogens is 2. The lowest BCUT2D eigenvalue weighted by Crippen LogP contribution is -2.72. The lowest BCUT2D eigenvalue weighted by Gasteiger charge is -2.64. The largest absolute Gasteiger partial charge is 0.458 e. The lowest BCUT2D eigenvalue weighted by atomic mass is 9.44. The summed E-state index contributed by atoms with van der Waals surface area (Å²) >= 11 is 0. The van der Waals surface area contributed by atoms with Gasteiger partial charge in [0.05, 0.1) is 11.1 Å². The third kappa shape index (κ3) is 4.88. The van der Waals surface area contributed by atoms with Gasteiger partial charge >= 0.3 is 17.9 Å². The Bertz CT molecular complexity index is 1430. The summed E-state index contributed by atoms with van der Waals surface area (Å²) in [5.41, 5.74) is -1.44. The van der Waals surface area contributed by atoms with Gasteiger partial charge in [0, 0.05) is 41.7 Å². The van der Waals surface area contributed by atoms with Crippen LogP contribution in [0.1, 0.15) is 61.3 Å². The van der Waals surface area contributed by atoms with E-state index in [9.17, 15) is 19.5 Å². The van der Waals surface area contributed by atoms with Gasteiger partial charge in [0.15, 0.2) is 12.2 Å². The van der Waals surface area contributed by atoms with Crippen molar-refractivity contribution in [3.63, 3.8) is 0 Å². The fraction of sp³-hybridized carbons (Fsp3) is 0.406. The number of allylic oxidation sites excluding steroid dienone is 1. The molecule has 1 saturated carbocycles. The van der Waals surface area contributed by atoms with Crippen LogP contribution in [-0.4, -0.2) is 57.4 Å². The molecule has 0 bridgehead atoms. The molecule has 5 rings (SSSR count). The number of cyclic esters (lactones) is 1. The summed E-state index contributed by atoms with van der Waals surface area (Å²) in [5, 5.41) is 12.5. The number of pyridine rings is 2. The van der Waals surface area contributed by atoms with Crippen LogP contribution in [0.2, 0.25) is 0 Å². The topological polar surface area (TPSA) is 125 Å². The number of hydrogen-bond donors (Lipinski definition) is 1. The fourth-order valence-corrected chi connectivity index (χ4v) is 6.62. The van der Waals surface area contributed by atoms with Gasteiger partial charge in [-0.05, 0) is 62.4 Å². The van der Waals surface area contributed by atoms with Crippen molar-refractivity contribution in [2.24, 2.45) is 16.7 Å². The number of rotatable bonds is 6. The van der Waals surface area contributed by atoms with E-state index in [2.05, 4.69) is 16.0 Å². The Kier molecular flexibility index (Phi) is 7.42. The number of aliphatic hydroxyl groups is 1. The van der Waals surface area contributed by atoms with Crippen molar-refractivity contribution in [2.45, 2.75) is 58.3 Å². The van der Waals surface area contributed by atoms with Crippen molar-refractivity contribution in [1.82, 2.24) is 9.97 Å². The molecule has 1 N–H and O–H groups in total. The monoisotopic (exact) mass is 558 g/mol. The number of nitrogens with zero attached hydrogens (tertiary/aromatic N) is 2. The van der Waals surface area contributed by atoms with Crippen LogP contribution in [0, 0.1) is 16.7 Å². The number of hydrogen-bond acceptors (Lipinski definition) is 9. The van der Waals surface area contributed by atoms with Gasteiger partial charge in [-0.1, -0.05) is 37.6 Å². The van der Waals surface area contributed by atoms with E-state index in [0.717, 1.165) is 12.0 Å². The maximum absolute atomic E-state index is 13.5. The maximum atomic E-state index is 13.5. The molecular weight excluding hydrogens is 524 g/mol. The van der Waals surface area contributed by atoms with Crippen LogP contribution in [0.3, 0.4) is 0 Å². The van der Waals surface area contributed by atoms with Crippen LogP contribution in [0.5, 0.6) is 0 Å². The van der Waals surface area contributed by atoms with E-state index >= 15 is 0 Å². The summed E-state index contributed by atoms with van der Waals surface area (Å²) in [6, 6.07) is 6.43. The van der Waals surface area contributed by atoms with Gasteiger partial charge in [-0.25, -0.2) is 14.4 Å². The Morgan fingerprint density at radius 1 is 1.02 bits per heavy atom. The van der Waals surface area contributed by atoms with Gasteiger partial charge < -0.3 is 19.3 Å². The van der Waals surface area contributed by atoms with Crippen LogP contribution in [-0.2, 0) is 19.0 Å². The maximum Gasteiger partial charge on any atom is 0.340 e. The summed E-state index contributed by atoms with van der Waals surface area (Å²) in [7, 11) is 0. The molecule has 3 aliphatic rings. The van der Waals surface area contributed by atoms with Crippen molar-refractivity contribution in [3.8, 4) is 0 Å². The minimum atomic E-state index is -1.72. The Labute approximate surface area is 238 Å². The summed E-state index contributed by atoms with van der Waals surface area (Å²) in [6.45, 7) is 7.65. The minimum Gasteiger partial charge on any atom is -0.458 e. The Morgan fingerprint density at radius 3 is 2.17 bits per heavy atom. The van der Waals surface area contributed by atoms with Crippen molar-refractivity contribution in [1.29, 1.82) is 0 Å². The zero-order valence-corrected chi connectivity index (χ0v) is 23.6. The second-order valence-electron chi connectivity index (χ2n) is 11.5. The van der Waals surface area contributed by atoms with Crippen molar-refractivity contribution < 1.29 is 33.7 Å². The number of carbonyl (C=O) groups excluding carboxylic acids is 3. The lowest BCUT2D eigenvalue weighted by molar-refractivity contribution is -0.251. The molecule has 9 heteroatoms. The molecule has 0 spiro atoms. The number of fused-ring (bicyclic) bond motifs is 1. The molecule has 2 unspecified atom stereocenters. The third-order valence-electron chi connectivity index (χ3n) is 9.30. The number of ether oxygens (including phenoxy) is 3. The highest BCUT2D eigenvalue weighted by molar-refractivity contribution is 5.90. The minimum absolute atomic E-state index is 0.138. The molecule has 9 nitrogen and oxygen atoms in total.